The van der Waals surface area contributed by atoms with Crippen molar-refractivity contribution in [2.24, 2.45) is 0 Å². The molecule has 1 aliphatic heterocycles. The first-order valence-electron chi connectivity index (χ1n) is 4.49. The normalized spacial score (nSPS) is 16.7. The van der Waals surface area contributed by atoms with Crippen LogP contribution in [-0.4, -0.2) is 25.2 Å². The molecule has 0 aromatic heterocycles. The molecule has 0 saturated carbocycles. The van der Waals surface area contributed by atoms with Crippen molar-refractivity contribution < 1.29 is 14.3 Å². The second-order valence-corrected chi connectivity index (χ2v) is 2.80. The van der Waals surface area contributed by atoms with E-state index in [0.717, 1.165) is 0 Å². The molecule has 0 saturated heterocycles. The summed E-state index contributed by atoms with van der Waals surface area (Å²) in [7, 11) is 0. The Morgan fingerprint density at radius 1 is 1.79 bits per heavy atom. The molecular formula is C10H13NO3. The van der Waals surface area contributed by atoms with Crippen LogP contribution in [0.5, 0.6) is 0 Å². The number of terminal acetylenes is 1. The van der Waals surface area contributed by atoms with Gasteiger partial charge in [-0.2, -0.15) is 0 Å². The highest BCUT2D eigenvalue weighted by molar-refractivity contribution is 5.91. The lowest BCUT2D eigenvalue weighted by atomic mass is 10.2. The first-order chi connectivity index (χ1) is 6.77. The Kier molecular flexibility index (Phi) is 3.86. The molecule has 1 atom stereocenters. The molecule has 1 amide bonds. The molecule has 0 aliphatic carbocycles. The molecule has 1 aliphatic rings. The molecule has 1 heterocycles. The Balaban J connectivity index is 2.49. The number of nitrogens with one attached hydrogen (secondary N) is 1. The van der Waals surface area contributed by atoms with Crippen molar-refractivity contribution in [1.82, 2.24) is 5.32 Å². The van der Waals surface area contributed by atoms with Gasteiger partial charge in [-0.05, 0) is 6.42 Å². The molecule has 0 bridgehead atoms. The molecular weight excluding hydrogens is 182 g/mol. The Morgan fingerprint density at radius 3 is 3.07 bits per heavy atom. The molecule has 14 heavy (non-hydrogen) atoms. The van der Waals surface area contributed by atoms with Crippen LogP contribution in [0.2, 0.25) is 0 Å². The van der Waals surface area contributed by atoms with Crippen molar-refractivity contribution in [3.8, 4) is 12.3 Å². The summed E-state index contributed by atoms with van der Waals surface area (Å²) in [5.74, 6) is 2.33. The van der Waals surface area contributed by atoms with Gasteiger partial charge in [0.2, 0.25) is 5.76 Å². The standard InChI is InChI=1S/C10H13NO3/c1-3-8(4-2)11-10(12)9-7-13-5-6-14-9/h1,7-8H,4-6H2,2H3,(H,11,12). The van der Waals surface area contributed by atoms with Crippen molar-refractivity contribution in [3.05, 3.63) is 12.0 Å². The van der Waals surface area contributed by atoms with Gasteiger partial charge in [-0.3, -0.25) is 4.79 Å². The minimum absolute atomic E-state index is 0.185. The number of hydrogen-bond donors (Lipinski definition) is 1. The van der Waals surface area contributed by atoms with E-state index < -0.39 is 0 Å². The van der Waals surface area contributed by atoms with E-state index in [1.165, 1.54) is 6.26 Å². The summed E-state index contributed by atoms with van der Waals surface area (Å²) in [5.41, 5.74) is 0. The Bertz CT molecular complexity index is 278. The molecule has 1 rings (SSSR count). The molecule has 0 spiro atoms. The van der Waals surface area contributed by atoms with Gasteiger partial charge in [0.05, 0.1) is 6.04 Å². The highest BCUT2D eigenvalue weighted by Crippen LogP contribution is 2.04. The zero-order valence-electron chi connectivity index (χ0n) is 8.08. The Morgan fingerprint density at radius 2 is 2.57 bits per heavy atom. The fraction of sp³-hybridized carbons (Fsp3) is 0.500. The summed E-state index contributed by atoms with van der Waals surface area (Å²) in [5, 5.41) is 2.64. The highest BCUT2D eigenvalue weighted by atomic mass is 16.6. The van der Waals surface area contributed by atoms with E-state index in [4.69, 9.17) is 15.9 Å². The van der Waals surface area contributed by atoms with Gasteiger partial charge >= 0.3 is 0 Å². The number of ether oxygens (including phenoxy) is 2. The summed E-state index contributed by atoms with van der Waals surface area (Å²) < 4.78 is 10.0. The molecule has 4 nitrogen and oxygen atoms in total. The molecule has 76 valence electrons. The van der Waals surface area contributed by atoms with Gasteiger partial charge in [-0.25, -0.2) is 0 Å². The lowest BCUT2D eigenvalue weighted by Gasteiger charge is -2.16. The van der Waals surface area contributed by atoms with Gasteiger partial charge in [-0.1, -0.05) is 12.8 Å². The number of amides is 1. The number of carbonyl (C=O) groups is 1. The van der Waals surface area contributed by atoms with Gasteiger partial charge < -0.3 is 14.8 Å². The Labute approximate surface area is 83.3 Å². The molecule has 0 aromatic rings. The van der Waals surface area contributed by atoms with E-state index >= 15 is 0 Å². The van der Waals surface area contributed by atoms with Crippen LogP contribution in [0.3, 0.4) is 0 Å². The topological polar surface area (TPSA) is 47.6 Å². The molecule has 1 unspecified atom stereocenters. The SMILES string of the molecule is C#CC(CC)NC(=O)C1=COCCO1. The molecule has 1 N–H and O–H groups in total. The van der Waals surface area contributed by atoms with Crippen LogP contribution in [-0.2, 0) is 14.3 Å². The van der Waals surface area contributed by atoms with Crippen LogP contribution in [0.15, 0.2) is 12.0 Å². The third kappa shape index (κ3) is 2.70. The van der Waals surface area contributed by atoms with Gasteiger partial charge in [0, 0.05) is 0 Å². The lowest BCUT2D eigenvalue weighted by Crippen LogP contribution is -2.35. The number of hydrogen-bond acceptors (Lipinski definition) is 3. The third-order valence-electron chi connectivity index (χ3n) is 1.79. The van der Waals surface area contributed by atoms with E-state index in [1.807, 2.05) is 6.92 Å². The van der Waals surface area contributed by atoms with Crippen molar-refractivity contribution in [3.63, 3.8) is 0 Å². The number of rotatable bonds is 3. The van der Waals surface area contributed by atoms with Crippen LogP contribution in [0, 0.1) is 12.3 Å². The predicted octanol–water partition coefficient (Wildman–Crippen LogP) is 0.403. The number of carbonyl (C=O) groups excluding carboxylic acids is 1. The zero-order valence-corrected chi connectivity index (χ0v) is 8.08. The molecule has 0 radical (unpaired) electrons. The fourth-order valence-corrected chi connectivity index (χ4v) is 0.978. The zero-order chi connectivity index (χ0) is 10.4. The summed E-state index contributed by atoms with van der Waals surface area (Å²) in [4.78, 5) is 11.4. The van der Waals surface area contributed by atoms with Gasteiger partial charge in [-0.15, -0.1) is 6.42 Å². The lowest BCUT2D eigenvalue weighted by molar-refractivity contribution is -0.122. The van der Waals surface area contributed by atoms with Crippen LogP contribution < -0.4 is 5.32 Å². The first kappa shape index (κ1) is 10.5. The van der Waals surface area contributed by atoms with E-state index in [-0.39, 0.29) is 17.7 Å². The minimum atomic E-state index is -0.325. The molecule has 0 fully saturated rings. The van der Waals surface area contributed by atoms with Gasteiger partial charge in [0.25, 0.3) is 5.91 Å². The summed E-state index contributed by atoms with van der Waals surface area (Å²) in [6.45, 7) is 2.77. The van der Waals surface area contributed by atoms with E-state index in [9.17, 15) is 4.79 Å². The van der Waals surface area contributed by atoms with Crippen LogP contribution in [0.4, 0.5) is 0 Å². The smallest absolute Gasteiger partial charge is 0.290 e. The van der Waals surface area contributed by atoms with Crippen molar-refractivity contribution >= 4 is 5.91 Å². The van der Waals surface area contributed by atoms with Gasteiger partial charge in [0.1, 0.15) is 19.5 Å². The highest BCUT2D eigenvalue weighted by Gasteiger charge is 2.16. The average Bonchev–Trinajstić information content (AvgIpc) is 2.26. The first-order valence-corrected chi connectivity index (χ1v) is 4.49. The van der Waals surface area contributed by atoms with E-state index in [0.29, 0.717) is 19.6 Å². The summed E-state index contributed by atoms with van der Waals surface area (Å²) >= 11 is 0. The molecule has 0 aromatic carbocycles. The minimum Gasteiger partial charge on any atom is -0.494 e. The predicted molar refractivity (Wildman–Crippen MR) is 51.0 cm³/mol. The quantitative estimate of drug-likeness (QED) is 0.663. The van der Waals surface area contributed by atoms with Crippen LogP contribution >= 0.6 is 0 Å². The maximum Gasteiger partial charge on any atom is 0.290 e. The van der Waals surface area contributed by atoms with Crippen molar-refractivity contribution in [2.75, 3.05) is 13.2 Å². The summed E-state index contributed by atoms with van der Waals surface area (Å²) in [6, 6.07) is -0.256. The second-order valence-electron chi connectivity index (χ2n) is 2.80. The third-order valence-corrected chi connectivity index (χ3v) is 1.79. The maximum atomic E-state index is 11.4. The van der Waals surface area contributed by atoms with Crippen molar-refractivity contribution in [1.29, 1.82) is 0 Å². The maximum absolute atomic E-state index is 11.4. The Hall–Kier alpha value is -1.63. The largest absolute Gasteiger partial charge is 0.494 e. The van der Waals surface area contributed by atoms with Gasteiger partial charge in [0.15, 0.2) is 0 Å². The van der Waals surface area contributed by atoms with Crippen LogP contribution in [0.1, 0.15) is 13.3 Å². The summed E-state index contributed by atoms with van der Waals surface area (Å²) in [6.07, 6.45) is 7.20. The second kappa shape index (κ2) is 5.18. The van der Waals surface area contributed by atoms with E-state index in [1.54, 1.807) is 0 Å². The molecule has 4 heteroatoms. The van der Waals surface area contributed by atoms with E-state index in [2.05, 4.69) is 11.2 Å². The van der Waals surface area contributed by atoms with Crippen molar-refractivity contribution in [2.45, 2.75) is 19.4 Å². The monoisotopic (exact) mass is 195 g/mol. The van der Waals surface area contributed by atoms with Crippen LogP contribution in [0.25, 0.3) is 0 Å². The fourth-order valence-electron chi connectivity index (χ4n) is 0.978. The average molecular weight is 195 g/mol.